The van der Waals surface area contributed by atoms with Crippen molar-refractivity contribution in [1.29, 1.82) is 5.26 Å². The van der Waals surface area contributed by atoms with Crippen LogP contribution >= 0.6 is 0 Å². The van der Waals surface area contributed by atoms with Crippen LogP contribution in [0.25, 0.3) is 5.57 Å². The van der Waals surface area contributed by atoms with Crippen molar-refractivity contribution in [1.82, 2.24) is 0 Å². The number of rotatable bonds is 2. The van der Waals surface area contributed by atoms with Crippen LogP contribution in [0.15, 0.2) is 36.4 Å². The summed E-state index contributed by atoms with van der Waals surface area (Å²) in [6.45, 7) is 3.09. The predicted octanol–water partition coefficient (Wildman–Crippen LogP) is 5.77. The molecule has 2 aliphatic carbocycles. The molecule has 3 aliphatic rings. The third kappa shape index (κ3) is 3.90. The maximum atomic E-state index is 10.1. The highest BCUT2D eigenvalue weighted by Gasteiger charge is 2.31. The Bertz CT molecular complexity index is 1060. The molecule has 0 amide bonds. The molecule has 0 radical (unpaired) electrons. The van der Waals surface area contributed by atoms with E-state index in [1.807, 2.05) is 0 Å². The maximum Gasteiger partial charge on any atom is 0.0994 e. The van der Waals surface area contributed by atoms with Gasteiger partial charge in [-0.2, -0.15) is 5.26 Å². The molecule has 31 heavy (non-hydrogen) atoms. The molecule has 2 N–H and O–H groups in total. The van der Waals surface area contributed by atoms with E-state index in [0.717, 1.165) is 69.0 Å². The smallest absolute Gasteiger partial charge is 0.0994 e. The van der Waals surface area contributed by atoms with Gasteiger partial charge in [0, 0.05) is 12.2 Å². The second kappa shape index (κ2) is 8.52. The number of anilines is 1. The molecule has 0 saturated heterocycles. The van der Waals surface area contributed by atoms with Gasteiger partial charge in [-0.05, 0) is 116 Å². The van der Waals surface area contributed by atoms with E-state index in [0.29, 0.717) is 11.8 Å². The molecular formula is C28H32N2O. The average Bonchev–Trinajstić information content (AvgIpc) is 3.21. The number of aliphatic hydroxyl groups excluding tert-OH is 1. The zero-order valence-corrected chi connectivity index (χ0v) is 18.5. The van der Waals surface area contributed by atoms with Crippen molar-refractivity contribution >= 4 is 11.3 Å². The Balaban J connectivity index is 1.62. The highest BCUT2D eigenvalue weighted by atomic mass is 16.3. The number of nitriles is 1. The highest BCUT2D eigenvalue weighted by molar-refractivity contribution is 5.86. The minimum absolute atomic E-state index is 0.112. The standard InChI is InChI=1S/C28H32N2O/c1-18-14-21-8-7-19(20-9-11-23(31)15-20)10-12-25(27(21)16-22(18)17-29)24-4-2-6-28-26(24)5-3-13-30-28/h2,4,6,12,14,16,19-20,23,30-31H,3,5,7-11,13,15H2,1H3/b25-12-/t19?,20-,23-/m1/s1. The van der Waals surface area contributed by atoms with Gasteiger partial charge in [0.15, 0.2) is 0 Å². The summed E-state index contributed by atoms with van der Waals surface area (Å²) in [5.74, 6) is 1.24. The van der Waals surface area contributed by atoms with E-state index < -0.39 is 0 Å². The van der Waals surface area contributed by atoms with Crippen molar-refractivity contribution in [2.45, 2.75) is 64.4 Å². The Kier molecular flexibility index (Phi) is 5.59. The number of fused-ring (bicyclic) bond motifs is 2. The van der Waals surface area contributed by atoms with Gasteiger partial charge < -0.3 is 10.4 Å². The summed E-state index contributed by atoms with van der Waals surface area (Å²) in [7, 11) is 0. The van der Waals surface area contributed by atoms with Gasteiger partial charge in [-0.1, -0.05) is 24.3 Å². The molecule has 1 aliphatic heterocycles. The second-order valence-corrected chi connectivity index (χ2v) is 9.68. The molecule has 3 nitrogen and oxygen atoms in total. The molecule has 3 atom stereocenters. The Morgan fingerprint density at radius 3 is 2.77 bits per heavy atom. The first-order valence-corrected chi connectivity index (χ1v) is 11.9. The van der Waals surface area contributed by atoms with Crippen LogP contribution in [0.5, 0.6) is 0 Å². The molecule has 1 heterocycles. The number of nitrogens with zero attached hydrogens (tertiary/aromatic N) is 1. The van der Waals surface area contributed by atoms with Crippen LogP contribution in [0.1, 0.15) is 71.9 Å². The van der Waals surface area contributed by atoms with Crippen LogP contribution in [-0.4, -0.2) is 17.8 Å². The van der Waals surface area contributed by atoms with Crippen LogP contribution in [0.3, 0.4) is 0 Å². The first-order chi connectivity index (χ1) is 15.1. The van der Waals surface area contributed by atoms with Crippen LogP contribution in [0.4, 0.5) is 5.69 Å². The molecule has 0 spiro atoms. The lowest BCUT2D eigenvalue weighted by Crippen LogP contribution is -2.17. The Morgan fingerprint density at radius 2 is 1.97 bits per heavy atom. The molecule has 0 bridgehead atoms. The number of allylic oxidation sites excluding steroid dienone is 1. The minimum atomic E-state index is -0.112. The molecule has 1 fully saturated rings. The van der Waals surface area contributed by atoms with Crippen molar-refractivity contribution in [3.05, 3.63) is 69.8 Å². The second-order valence-electron chi connectivity index (χ2n) is 9.68. The minimum Gasteiger partial charge on any atom is -0.393 e. The molecule has 2 aromatic carbocycles. The number of hydrogen-bond acceptors (Lipinski definition) is 3. The molecular weight excluding hydrogens is 380 g/mol. The van der Waals surface area contributed by atoms with E-state index in [1.165, 1.54) is 33.5 Å². The van der Waals surface area contributed by atoms with Crippen LogP contribution < -0.4 is 5.32 Å². The Labute approximate surface area is 185 Å². The number of aliphatic hydroxyl groups is 1. The van der Waals surface area contributed by atoms with Gasteiger partial charge in [0.1, 0.15) is 0 Å². The van der Waals surface area contributed by atoms with Gasteiger partial charge >= 0.3 is 0 Å². The molecule has 0 aromatic heterocycles. The number of aryl methyl sites for hydroxylation is 2. The van der Waals surface area contributed by atoms with Crippen LogP contribution in [-0.2, 0) is 12.8 Å². The third-order valence-electron chi connectivity index (χ3n) is 7.77. The third-order valence-corrected chi connectivity index (χ3v) is 7.77. The van der Waals surface area contributed by atoms with E-state index in [1.54, 1.807) is 0 Å². The van der Waals surface area contributed by atoms with Gasteiger partial charge in [-0.3, -0.25) is 0 Å². The van der Waals surface area contributed by atoms with Gasteiger partial charge in [0.25, 0.3) is 0 Å². The number of hydrogen-bond donors (Lipinski definition) is 2. The van der Waals surface area contributed by atoms with Gasteiger partial charge in [-0.25, -0.2) is 0 Å². The molecule has 1 unspecified atom stereocenters. The SMILES string of the molecule is Cc1cc2c(cc1C#N)/C(c1cccc3c1CCCN3)=C\CC([C@@H]1CC[C@@H](O)C1)CC2. The maximum absolute atomic E-state index is 10.1. The Morgan fingerprint density at radius 1 is 1.06 bits per heavy atom. The van der Waals surface area contributed by atoms with E-state index in [-0.39, 0.29) is 6.10 Å². The van der Waals surface area contributed by atoms with Crippen molar-refractivity contribution in [2.75, 3.05) is 11.9 Å². The van der Waals surface area contributed by atoms with Gasteiger partial charge in [0.2, 0.25) is 0 Å². The van der Waals surface area contributed by atoms with Crippen molar-refractivity contribution in [2.24, 2.45) is 11.8 Å². The lowest BCUT2D eigenvalue weighted by molar-refractivity contribution is 0.169. The summed E-state index contributed by atoms with van der Waals surface area (Å²) < 4.78 is 0. The van der Waals surface area contributed by atoms with Crippen molar-refractivity contribution < 1.29 is 5.11 Å². The number of benzene rings is 2. The quantitative estimate of drug-likeness (QED) is 0.658. The average molecular weight is 413 g/mol. The Hall–Kier alpha value is -2.57. The van der Waals surface area contributed by atoms with E-state index >= 15 is 0 Å². The fourth-order valence-electron chi connectivity index (χ4n) is 6.05. The lowest BCUT2D eigenvalue weighted by atomic mass is 9.77. The highest BCUT2D eigenvalue weighted by Crippen LogP contribution is 2.42. The number of nitrogens with one attached hydrogen (secondary N) is 1. The molecule has 5 rings (SSSR count). The van der Waals surface area contributed by atoms with Crippen molar-refractivity contribution in [3.8, 4) is 6.07 Å². The largest absolute Gasteiger partial charge is 0.393 e. The van der Waals surface area contributed by atoms with E-state index in [2.05, 4.69) is 54.7 Å². The summed E-state index contributed by atoms with van der Waals surface area (Å²) in [5.41, 5.74) is 9.77. The van der Waals surface area contributed by atoms with Gasteiger partial charge in [-0.15, -0.1) is 0 Å². The summed E-state index contributed by atoms with van der Waals surface area (Å²) in [5, 5.41) is 23.4. The van der Waals surface area contributed by atoms with Crippen LogP contribution in [0.2, 0.25) is 0 Å². The summed E-state index contributed by atoms with van der Waals surface area (Å²) in [6, 6.07) is 13.4. The first-order valence-electron chi connectivity index (χ1n) is 11.9. The van der Waals surface area contributed by atoms with Gasteiger partial charge in [0.05, 0.1) is 17.7 Å². The monoisotopic (exact) mass is 412 g/mol. The summed E-state index contributed by atoms with van der Waals surface area (Å²) in [6.07, 6.45) is 10.9. The van der Waals surface area contributed by atoms with E-state index in [9.17, 15) is 10.4 Å². The summed E-state index contributed by atoms with van der Waals surface area (Å²) in [4.78, 5) is 0. The predicted molar refractivity (Wildman–Crippen MR) is 126 cm³/mol. The molecule has 160 valence electrons. The molecule has 3 heteroatoms. The van der Waals surface area contributed by atoms with E-state index in [4.69, 9.17) is 0 Å². The van der Waals surface area contributed by atoms with Crippen molar-refractivity contribution in [3.63, 3.8) is 0 Å². The van der Waals surface area contributed by atoms with Crippen LogP contribution in [0, 0.1) is 30.1 Å². The lowest BCUT2D eigenvalue weighted by Gasteiger charge is -2.28. The fourth-order valence-corrected chi connectivity index (χ4v) is 6.05. The molecule has 2 aromatic rings. The zero-order chi connectivity index (χ0) is 21.4. The topological polar surface area (TPSA) is 56.0 Å². The fraction of sp³-hybridized carbons (Fsp3) is 0.464. The molecule has 1 saturated carbocycles. The first kappa shape index (κ1) is 20.3. The summed E-state index contributed by atoms with van der Waals surface area (Å²) >= 11 is 0. The normalized spacial score (nSPS) is 27.0. The zero-order valence-electron chi connectivity index (χ0n) is 18.5.